The Bertz CT molecular complexity index is 308. The zero-order valence-corrected chi connectivity index (χ0v) is 11.3. The molecule has 8 heteroatoms. The average Bonchev–Trinajstić information content (AvgIpc) is 2.14. The summed E-state index contributed by atoms with van der Waals surface area (Å²) < 4.78 is 0. The SMILES string of the molecule is BN(C(C)=O)C(B)(C(=O)O)C(B)(B)C(C)C. The standard InChI is InChI=1S/C8H19B4NO3/c1-4(2)7(9,10)8(11,6(15)16)13(12)5(3)14/h4H,9-12H2,1-3H3,(H,15,16). The molecule has 0 aromatic rings. The molecule has 0 aliphatic carbocycles. The van der Waals surface area contributed by atoms with Gasteiger partial charge in [0.25, 0.3) is 0 Å². The lowest BCUT2D eigenvalue weighted by atomic mass is 9.35. The maximum absolute atomic E-state index is 11.5. The molecule has 4 nitrogen and oxygen atoms in total. The lowest BCUT2D eigenvalue weighted by Gasteiger charge is -2.50. The Labute approximate surface area is 101 Å². The molecule has 0 radical (unpaired) electrons. The van der Waals surface area contributed by atoms with Crippen LogP contribution in [0.2, 0.25) is 5.21 Å². The summed E-state index contributed by atoms with van der Waals surface area (Å²) in [7, 11) is 6.91. The number of rotatable bonds is 4. The summed E-state index contributed by atoms with van der Waals surface area (Å²) in [6.45, 7) is 5.32. The van der Waals surface area contributed by atoms with Gasteiger partial charge in [-0.05, 0) is 0 Å². The third-order valence-corrected chi connectivity index (χ3v) is 4.26. The van der Waals surface area contributed by atoms with Crippen LogP contribution in [-0.2, 0) is 9.59 Å². The predicted molar refractivity (Wildman–Crippen MR) is 74.6 cm³/mol. The number of carboxylic acids is 1. The van der Waals surface area contributed by atoms with Crippen molar-refractivity contribution in [3.63, 3.8) is 0 Å². The van der Waals surface area contributed by atoms with E-state index in [1.165, 1.54) is 11.7 Å². The van der Waals surface area contributed by atoms with E-state index < -0.39 is 16.6 Å². The molecule has 16 heavy (non-hydrogen) atoms. The van der Waals surface area contributed by atoms with Crippen LogP contribution in [-0.4, -0.2) is 58.8 Å². The van der Waals surface area contributed by atoms with Crippen molar-refractivity contribution in [2.75, 3.05) is 0 Å². The second-order valence-electron chi connectivity index (χ2n) is 5.33. The van der Waals surface area contributed by atoms with Gasteiger partial charge in [-0.15, -0.1) is 0 Å². The molecular formula is C8H19B4NO3. The van der Waals surface area contributed by atoms with E-state index >= 15 is 0 Å². The van der Waals surface area contributed by atoms with Crippen molar-refractivity contribution >= 4 is 43.4 Å². The second kappa shape index (κ2) is 4.60. The Morgan fingerprint density at radius 1 is 1.25 bits per heavy atom. The van der Waals surface area contributed by atoms with Gasteiger partial charge in [0.2, 0.25) is 13.9 Å². The summed E-state index contributed by atoms with van der Waals surface area (Å²) in [5.74, 6) is -1.06. The molecular weight excluding hydrogens is 201 g/mol. The number of amides is 1. The van der Waals surface area contributed by atoms with E-state index in [4.69, 9.17) is 0 Å². The van der Waals surface area contributed by atoms with Crippen molar-refractivity contribution in [2.24, 2.45) is 5.92 Å². The van der Waals surface area contributed by atoms with Crippen molar-refractivity contribution < 1.29 is 14.7 Å². The first-order valence-electron chi connectivity index (χ1n) is 5.47. The normalized spacial score (nSPS) is 15.5. The van der Waals surface area contributed by atoms with Crippen LogP contribution in [0.3, 0.4) is 0 Å². The zero-order valence-electron chi connectivity index (χ0n) is 11.3. The molecule has 0 aliphatic heterocycles. The van der Waals surface area contributed by atoms with Gasteiger partial charge in [-0.3, -0.25) is 9.59 Å². The Kier molecular flexibility index (Phi) is 4.37. The van der Waals surface area contributed by atoms with Crippen molar-refractivity contribution in [3.05, 3.63) is 0 Å². The van der Waals surface area contributed by atoms with Gasteiger partial charge >= 0.3 is 5.97 Å². The lowest BCUT2D eigenvalue weighted by Crippen LogP contribution is -2.65. The summed E-state index contributed by atoms with van der Waals surface area (Å²) in [5.41, 5.74) is -1.20. The molecule has 0 aromatic carbocycles. The minimum atomic E-state index is -1.20. The fourth-order valence-corrected chi connectivity index (χ4v) is 1.73. The smallest absolute Gasteiger partial charge is 0.318 e. The van der Waals surface area contributed by atoms with Crippen molar-refractivity contribution in [3.8, 4) is 0 Å². The van der Waals surface area contributed by atoms with Crippen LogP contribution in [0.1, 0.15) is 20.8 Å². The van der Waals surface area contributed by atoms with Crippen LogP contribution in [0.5, 0.6) is 0 Å². The van der Waals surface area contributed by atoms with Gasteiger partial charge in [-0.2, -0.15) is 0 Å². The Balaban J connectivity index is 5.62. The first-order valence-corrected chi connectivity index (χ1v) is 5.47. The monoisotopic (exact) mass is 221 g/mol. The summed E-state index contributed by atoms with van der Waals surface area (Å²) >= 11 is 0. The van der Waals surface area contributed by atoms with Crippen molar-refractivity contribution in [1.82, 2.24) is 4.81 Å². The van der Waals surface area contributed by atoms with E-state index in [-0.39, 0.29) is 11.8 Å². The van der Waals surface area contributed by atoms with Crippen LogP contribution in [0.25, 0.3) is 0 Å². The molecule has 86 valence electrons. The fourth-order valence-electron chi connectivity index (χ4n) is 1.73. The largest absolute Gasteiger partial charge is 0.480 e. The van der Waals surface area contributed by atoms with Crippen LogP contribution < -0.4 is 0 Å². The number of carbonyl (C=O) groups is 2. The number of hydrogen-bond acceptors (Lipinski definition) is 2. The molecule has 0 saturated carbocycles. The Hall–Kier alpha value is -0.800. The zero-order chi connectivity index (χ0) is 13.3. The third kappa shape index (κ3) is 2.15. The summed E-state index contributed by atoms with van der Waals surface area (Å²) in [6, 6.07) is 0. The molecule has 0 fully saturated rings. The molecule has 0 spiro atoms. The first-order chi connectivity index (χ1) is 6.99. The second-order valence-corrected chi connectivity index (χ2v) is 5.33. The average molecular weight is 220 g/mol. The van der Waals surface area contributed by atoms with Crippen molar-refractivity contribution in [1.29, 1.82) is 0 Å². The van der Waals surface area contributed by atoms with E-state index in [0.717, 1.165) is 0 Å². The quantitative estimate of drug-likeness (QED) is 0.509. The number of hydrogen-bond donors (Lipinski definition) is 1. The highest BCUT2D eigenvalue weighted by molar-refractivity contribution is 6.50. The molecule has 1 N–H and O–H groups in total. The highest BCUT2D eigenvalue weighted by Gasteiger charge is 2.51. The van der Waals surface area contributed by atoms with Gasteiger partial charge in [-0.1, -0.05) is 25.0 Å². The molecule has 0 rings (SSSR count). The molecule has 1 amide bonds. The molecule has 0 aliphatic rings. The van der Waals surface area contributed by atoms with E-state index in [1.807, 2.05) is 29.5 Å². The summed E-state index contributed by atoms with van der Waals surface area (Å²) in [6.07, 6.45) is 0. The van der Waals surface area contributed by atoms with Gasteiger partial charge in [0.1, 0.15) is 23.5 Å². The maximum Gasteiger partial charge on any atom is 0.318 e. The fraction of sp³-hybridized carbons (Fsp3) is 0.750. The number of carbonyl (C=O) groups excluding carboxylic acids is 1. The van der Waals surface area contributed by atoms with E-state index in [0.29, 0.717) is 0 Å². The van der Waals surface area contributed by atoms with E-state index in [2.05, 4.69) is 0 Å². The topological polar surface area (TPSA) is 57.6 Å². The van der Waals surface area contributed by atoms with Crippen molar-refractivity contribution in [2.45, 2.75) is 31.4 Å². The molecule has 0 bridgehead atoms. The third-order valence-electron chi connectivity index (χ3n) is 4.26. The first kappa shape index (κ1) is 15.2. The highest BCUT2D eigenvalue weighted by atomic mass is 16.4. The van der Waals surface area contributed by atoms with Gasteiger partial charge < -0.3 is 9.92 Å². The predicted octanol–water partition coefficient (Wildman–Crippen LogP) is -3.16. The van der Waals surface area contributed by atoms with Crippen LogP contribution in [0.15, 0.2) is 0 Å². The van der Waals surface area contributed by atoms with Gasteiger partial charge in [0.05, 0.1) is 5.44 Å². The lowest BCUT2D eigenvalue weighted by molar-refractivity contribution is -0.149. The van der Waals surface area contributed by atoms with Gasteiger partial charge in [0, 0.05) is 6.92 Å². The molecule has 0 heterocycles. The Morgan fingerprint density at radius 2 is 1.62 bits per heavy atom. The number of carboxylic acid groups (broad SMARTS) is 1. The van der Waals surface area contributed by atoms with Crippen LogP contribution >= 0.6 is 0 Å². The van der Waals surface area contributed by atoms with Gasteiger partial charge in [-0.25, -0.2) is 0 Å². The Morgan fingerprint density at radius 3 is 1.81 bits per heavy atom. The number of aliphatic carboxylic acids is 1. The molecule has 0 saturated heterocycles. The van der Waals surface area contributed by atoms with Crippen LogP contribution in [0, 0.1) is 5.92 Å². The van der Waals surface area contributed by atoms with E-state index in [9.17, 15) is 14.7 Å². The number of nitrogens with zero attached hydrogens (tertiary/aromatic N) is 1. The minimum Gasteiger partial charge on any atom is -0.480 e. The maximum atomic E-state index is 11.5. The highest BCUT2D eigenvalue weighted by Crippen LogP contribution is 2.41. The van der Waals surface area contributed by atoms with Gasteiger partial charge in [0.15, 0.2) is 0 Å². The minimum absolute atomic E-state index is 0.149. The molecule has 0 aromatic heterocycles. The summed E-state index contributed by atoms with van der Waals surface area (Å²) in [4.78, 5) is 24.3. The van der Waals surface area contributed by atoms with Crippen LogP contribution in [0.4, 0.5) is 0 Å². The summed E-state index contributed by atoms with van der Waals surface area (Å²) in [5, 5.41) is 8.93. The molecule has 1 unspecified atom stereocenters. The molecule has 1 atom stereocenters. The van der Waals surface area contributed by atoms with E-state index in [1.54, 1.807) is 15.8 Å².